The third-order valence-corrected chi connectivity index (χ3v) is 2.81. The number of hydrogen-bond donors (Lipinski definition) is 1. The Kier molecular flexibility index (Phi) is 7.65. The number of nitrogens with zero attached hydrogens (tertiary/aromatic N) is 1. The zero-order valence-electron chi connectivity index (χ0n) is 11.9. The van der Waals surface area contributed by atoms with Crippen molar-refractivity contribution in [2.45, 2.75) is 19.4 Å². The molecule has 1 atom stereocenters. The molecule has 0 saturated heterocycles. The summed E-state index contributed by atoms with van der Waals surface area (Å²) in [4.78, 5) is 2.13. The van der Waals surface area contributed by atoms with E-state index in [2.05, 4.69) is 61.6 Å². The molecule has 1 unspecified atom stereocenters. The summed E-state index contributed by atoms with van der Waals surface area (Å²) in [6, 6.07) is 11.1. The molecule has 0 aliphatic heterocycles. The summed E-state index contributed by atoms with van der Waals surface area (Å²) in [6.45, 7) is 5.71. The van der Waals surface area contributed by atoms with Crippen molar-refractivity contribution in [1.29, 1.82) is 0 Å². The van der Waals surface area contributed by atoms with Gasteiger partial charge < -0.3 is 15.0 Å². The maximum absolute atomic E-state index is 5.54. The summed E-state index contributed by atoms with van der Waals surface area (Å²) in [7, 11) is 4.12. The summed E-state index contributed by atoms with van der Waals surface area (Å²) in [5, 5.41) is 3.48. The van der Waals surface area contributed by atoms with Crippen LogP contribution in [0.1, 0.15) is 12.5 Å². The summed E-state index contributed by atoms with van der Waals surface area (Å²) in [6.07, 6.45) is 1.07. The fourth-order valence-electron chi connectivity index (χ4n) is 1.77. The van der Waals surface area contributed by atoms with E-state index in [-0.39, 0.29) is 0 Å². The molecule has 18 heavy (non-hydrogen) atoms. The summed E-state index contributed by atoms with van der Waals surface area (Å²) in [5.41, 5.74) is 1.38. The highest BCUT2D eigenvalue weighted by Gasteiger charge is 2.01. The van der Waals surface area contributed by atoms with Crippen molar-refractivity contribution in [3.63, 3.8) is 0 Å². The van der Waals surface area contributed by atoms with Crippen LogP contribution < -0.4 is 5.32 Å². The van der Waals surface area contributed by atoms with Crippen molar-refractivity contribution >= 4 is 0 Å². The van der Waals surface area contributed by atoms with Crippen LogP contribution in [0.3, 0.4) is 0 Å². The van der Waals surface area contributed by atoms with E-state index in [0.717, 1.165) is 32.7 Å². The second-order valence-corrected chi connectivity index (χ2v) is 4.96. The van der Waals surface area contributed by atoms with E-state index in [1.54, 1.807) is 0 Å². The van der Waals surface area contributed by atoms with E-state index in [1.165, 1.54) is 5.56 Å². The van der Waals surface area contributed by atoms with Gasteiger partial charge in [0.15, 0.2) is 0 Å². The van der Waals surface area contributed by atoms with Crippen LogP contribution in [0.15, 0.2) is 30.3 Å². The Morgan fingerprint density at radius 1 is 1.17 bits per heavy atom. The first-order chi connectivity index (χ1) is 8.68. The lowest BCUT2D eigenvalue weighted by Crippen LogP contribution is -2.31. The fraction of sp³-hybridized carbons (Fsp3) is 0.600. The van der Waals surface area contributed by atoms with E-state index in [0.29, 0.717) is 6.04 Å². The lowest BCUT2D eigenvalue weighted by Gasteiger charge is -2.14. The highest BCUT2D eigenvalue weighted by molar-refractivity contribution is 5.15. The van der Waals surface area contributed by atoms with Gasteiger partial charge in [0.05, 0.1) is 13.2 Å². The molecule has 0 heterocycles. The molecular formula is C15H26N2O. The molecule has 0 aromatic heterocycles. The van der Waals surface area contributed by atoms with E-state index >= 15 is 0 Å². The van der Waals surface area contributed by atoms with E-state index in [9.17, 15) is 0 Å². The number of rotatable bonds is 9. The van der Waals surface area contributed by atoms with E-state index < -0.39 is 0 Å². The average Bonchev–Trinajstić information content (AvgIpc) is 2.34. The van der Waals surface area contributed by atoms with E-state index in [4.69, 9.17) is 4.74 Å². The van der Waals surface area contributed by atoms with Crippen LogP contribution in [0.25, 0.3) is 0 Å². The SMILES string of the molecule is CC(Cc1ccccc1)NCCOCCN(C)C. The topological polar surface area (TPSA) is 24.5 Å². The molecule has 3 nitrogen and oxygen atoms in total. The van der Waals surface area contributed by atoms with Crippen LogP contribution in [-0.4, -0.2) is 51.3 Å². The van der Waals surface area contributed by atoms with Crippen LogP contribution in [0.2, 0.25) is 0 Å². The first kappa shape index (κ1) is 15.2. The zero-order valence-corrected chi connectivity index (χ0v) is 11.9. The lowest BCUT2D eigenvalue weighted by molar-refractivity contribution is 0.118. The molecule has 1 aromatic carbocycles. The van der Waals surface area contributed by atoms with Gasteiger partial charge in [-0.3, -0.25) is 0 Å². The molecule has 102 valence electrons. The molecule has 0 saturated carbocycles. The Balaban J connectivity index is 2.02. The molecule has 1 aromatic rings. The minimum atomic E-state index is 0.491. The van der Waals surface area contributed by atoms with E-state index in [1.807, 2.05) is 0 Å². The minimum absolute atomic E-state index is 0.491. The van der Waals surface area contributed by atoms with Gasteiger partial charge in [-0.1, -0.05) is 30.3 Å². The molecule has 0 aliphatic carbocycles. The van der Waals surface area contributed by atoms with Crippen molar-refractivity contribution in [1.82, 2.24) is 10.2 Å². The van der Waals surface area contributed by atoms with Crippen molar-refractivity contribution in [2.75, 3.05) is 40.4 Å². The molecule has 0 aliphatic rings. The zero-order chi connectivity index (χ0) is 13.2. The first-order valence-corrected chi connectivity index (χ1v) is 6.68. The number of ether oxygens (including phenoxy) is 1. The summed E-state index contributed by atoms with van der Waals surface area (Å²) in [5.74, 6) is 0. The Bertz CT molecular complexity index is 301. The van der Waals surface area contributed by atoms with Crippen LogP contribution in [0.5, 0.6) is 0 Å². The average molecular weight is 250 g/mol. The highest BCUT2D eigenvalue weighted by Crippen LogP contribution is 2.02. The molecule has 1 rings (SSSR count). The van der Waals surface area contributed by atoms with Gasteiger partial charge >= 0.3 is 0 Å². The fourth-order valence-corrected chi connectivity index (χ4v) is 1.77. The largest absolute Gasteiger partial charge is 0.379 e. The molecular weight excluding hydrogens is 224 g/mol. The second kappa shape index (κ2) is 9.09. The monoisotopic (exact) mass is 250 g/mol. The highest BCUT2D eigenvalue weighted by atomic mass is 16.5. The quantitative estimate of drug-likeness (QED) is 0.676. The molecule has 0 fully saturated rings. The number of likely N-dealkylation sites (N-methyl/N-ethyl adjacent to an activating group) is 1. The number of hydrogen-bond acceptors (Lipinski definition) is 3. The van der Waals surface area contributed by atoms with Gasteiger partial charge in [-0.15, -0.1) is 0 Å². The third-order valence-electron chi connectivity index (χ3n) is 2.81. The Morgan fingerprint density at radius 2 is 1.89 bits per heavy atom. The summed E-state index contributed by atoms with van der Waals surface area (Å²) < 4.78 is 5.54. The van der Waals surface area contributed by atoms with Crippen LogP contribution >= 0.6 is 0 Å². The van der Waals surface area contributed by atoms with Crippen LogP contribution in [0, 0.1) is 0 Å². The van der Waals surface area contributed by atoms with Gasteiger partial charge in [-0.05, 0) is 33.0 Å². The normalized spacial score (nSPS) is 12.9. The standard InChI is InChI=1S/C15H26N2O/c1-14(13-15-7-5-4-6-8-15)16-9-11-18-12-10-17(2)3/h4-8,14,16H,9-13H2,1-3H3. The number of benzene rings is 1. The molecule has 0 spiro atoms. The van der Waals surface area contributed by atoms with Gasteiger partial charge in [0.2, 0.25) is 0 Å². The third kappa shape index (κ3) is 7.43. The first-order valence-electron chi connectivity index (χ1n) is 6.68. The Morgan fingerprint density at radius 3 is 2.56 bits per heavy atom. The van der Waals surface area contributed by atoms with Gasteiger partial charge in [0.25, 0.3) is 0 Å². The molecule has 3 heteroatoms. The van der Waals surface area contributed by atoms with Crippen molar-refractivity contribution in [3.8, 4) is 0 Å². The second-order valence-electron chi connectivity index (χ2n) is 4.96. The molecule has 0 radical (unpaired) electrons. The van der Waals surface area contributed by atoms with Crippen LogP contribution in [-0.2, 0) is 11.2 Å². The smallest absolute Gasteiger partial charge is 0.0593 e. The Labute approximate surface area is 111 Å². The summed E-state index contributed by atoms with van der Waals surface area (Å²) >= 11 is 0. The number of nitrogens with one attached hydrogen (secondary N) is 1. The minimum Gasteiger partial charge on any atom is -0.379 e. The molecule has 1 N–H and O–H groups in total. The van der Waals surface area contributed by atoms with Gasteiger partial charge in [0.1, 0.15) is 0 Å². The predicted molar refractivity (Wildman–Crippen MR) is 77.0 cm³/mol. The molecule has 0 bridgehead atoms. The lowest BCUT2D eigenvalue weighted by atomic mass is 10.1. The van der Waals surface area contributed by atoms with Gasteiger partial charge in [-0.25, -0.2) is 0 Å². The van der Waals surface area contributed by atoms with Gasteiger partial charge in [-0.2, -0.15) is 0 Å². The van der Waals surface area contributed by atoms with Crippen molar-refractivity contribution in [2.24, 2.45) is 0 Å². The van der Waals surface area contributed by atoms with Crippen molar-refractivity contribution in [3.05, 3.63) is 35.9 Å². The van der Waals surface area contributed by atoms with Crippen molar-refractivity contribution < 1.29 is 4.74 Å². The Hall–Kier alpha value is -0.900. The van der Waals surface area contributed by atoms with Crippen LogP contribution in [0.4, 0.5) is 0 Å². The van der Waals surface area contributed by atoms with Gasteiger partial charge in [0, 0.05) is 19.1 Å². The molecule has 0 amide bonds. The maximum Gasteiger partial charge on any atom is 0.0593 e. The predicted octanol–water partition coefficient (Wildman–Crippen LogP) is 1.79. The maximum atomic E-state index is 5.54.